The largest absolute Gasteiger partial charge is 0.352 e. The van der Waals surface area contributed by atoms with Gasteiger partial charge in [-0.15, -0.1) is 0 Å². The molecule has 1 N–H and O–H groups in total. The molecule has 4 nitrogen and oxygen atoms in total. The average molecular weight is 414 g/mol. The van der Waals surface area contributed by atoms with E-state index in [1.54, 1.807) is 11.3 Å². The van der Waals surface area contributed by atoms with Gasteiger partial charge in [-0.1, -0.05) is 41.1 Å². The first kappa shape index (κ1) is 19.2. The van der Waals surface area contributed by atoms with E-state index in [1.807, 2.05) is 24.3 Å². The molecule has 1 saturated heterocycles. The summed E-state index contributed by atoms with van der Waals surface area (Å²) in [6.07, 6.45) is 1.93. The number of rotatable bonds is 4. The molecule has 0 radical (unpaired) electrons. The van der Waals surface area contributed by atoms with Gasteiger partial charge in [0.2, 0.25) is 5.91 Å². The molecule has 0 saturated carbocycles. The van der Waals surface area contributed by atoms with Gasteiger partial charge >= 0.3 is 0 Å². The van der Waals surface area contributed by atoms with Gasteiger partial charge in [0.1, 0.15) is 0 Å². The highest BCUT2D eigenvalue weighted by atomic mass is 35.5. The molecule has 0 spiro atoms. The summed E-state index contributed by atoms with van der Waals surface area (Å²) in [5, 5.41) is 4.81. The van der Waals surface area contributed by atoms with Gasteiger partial charge in [0.25, 0.3) is 0 Å². The summed E-state index contributed by atoms with van der Waals surface area (Å²) in [4.78, 5) is 19.9. The highest BCUT2D eigenvalue weighted by Crippen LogP contribution is 2.33. The Morgan fingerprint density at radius 3 is 2.86 bits per heavy atom. The zero-order valence-electron chi connectivity index (χ0n) is 16.2. The first-order valence-electron chi connectivity index (χ1n) is 9.64. The monoisotopic (exact) mass is 413 g/mol. The van der Waals surface area contributed by atoms with Crippen molar-refractivity contribution < 1.29 is 4.79 Å². The number of aryl methyl sites for hydroxylation is 2. The molecule has 1 atom stereocenters. The molecule has 6 heteroatoms. The number of hydrogen-bond donors (Lipinski definition) is 1. The molecule has 28 heavy (non-hydrogen) atoms. The van der Waals surface area contributed by atoms with E-state index in [0.29, 0.717) is 11.6 Å². The van der Waals surface area contributed by atoms with Crippen LogP contribution in [0.15, 0.2) is 36.4 Å². The third-order valence-corrected chi connectivity index (χ3v) is 6.58. The summed E-state index contributed by atoms with van der Waals surface area (Å²) in [7, 11) is 0. The van der Waals surface area contributed by atoms with Gasteiger partial charge in [-0.05, 0) is 61.6 Å². The molecule has 2 heterocycles. The fraction of sp³-hybridized carbons (Fsp3) is 0.364. The lowest BCUT2D eigenvalue weighted by atomic mass is 9.97. The highest BCUT2D eigenvalue weighted by Gasteiger charge is 2.27. The smallest absolute Gasteiger partial charge is 0.225 e. The maximum absolute atomic E-state index is 12.7. The third kappa shape index (κ3) is 4.15. The second-order valence-electron chi connectivity index (χ2n) is 7.55. The van der Waals surface area contributed by atoms with E-state index in [2.05, 4.69) is 36.2 Å². The van der Waals surface area contributed by atoms with E-state index >= 15 is 0 Å². The molecule has 146 valence electrons. The standard InChI is InChI=1S/C22H24ClN3OS/c1-14-10-15(2)20-19(11-14)28-22(25-20)26-9-3-4-17(13-26)21(27)24-12-16-5-7-18(23)8-6-16/h5-8,10-11,17H,3-4,9,12-13H2,1-2H3,(H,24,27)/t17-/m1/s1. The number of piperidine rings is 1. The second kappa shape index (κ2) is 8.10. The molecule has 3 aromatic rings. The minimum Gasteiger partial charge on any atom is -0.352 e. The first-order valence-corrected chi connectivity index (χ1v) is 10.8. The summed E-state index contributed by atoms with van der Waals surface area (Å²) >= 11 is 7.65. The van der Waals surface area contributed by atoms with Gasteiger partial charge in [0, 0.05) is 24.7 Å². The van der Waals surface area contributed by atoms with Crippen molar-refractivity contribution in [2.24, 2.45) is 5.92 Å². The topological polar surface area (TPSA) is 45.2 Å². The number of anilines is 1. The first-order chi connectivity index (χ1) is 13.5. The Hall–Kier alpha value is -2.11. The molecule has 1 aromatic heterocycles. The molecule has 1 aliphatic rings. The quantitative estimate of drug-likeness (QED) is 0.647. The van der Waals surface area contributed by atoms with Crippen LogP contribution in [-0.2, 0) is 11.3 Å². The molecule has 0 bridgehead atoms. The van der Waals surface area contributed by atoms with Crippen molar-refractivity contribution in [1.82, 2.24) is 10.3 Å². The molecule has 4 rings (SSSR count). The van der Waals surface area contributed by atoms with Gasteiger partial charge in [-0.25, -0.2) is 4.98 Å². The van der Waals surface area contributed by atoms with E-state index in [9.17, 15) is 4.79 Å². The number of thiazole rings is 1. The van der Waals surface area contributed by atoms with Crippen LogP contribution in [0.3, 0.4) is 0 Å². The van der Waals surface area contributed by atoms with Crippen LogP contribution in [0.4, 0.5) is 5.13 Å². The number of fused-ring (bicyclic) bond motifs is 1. The zero-order chi connectivity index (χ0) is 19.7. The lowest BCUT2D eigenvalue weighted by Crippen LogP contribution is -2.42. The highest BCUT2D eigenvalue weighted by molar-refractivity contribution is 7.22. The van der Waals surface area contributed by atoms with Crippen molar-refractivity contribution in [3.63, 3.8) is 0 Å². The molecular weight excluding hydrogens is 390 g/mol. The molecule has 1 amide bonds. The third-order valence-electron chi connectivity index (χ3n) is 5.26. The lowest BCUT2D eigenvalue weighted by Gasteiger charge is -2.31. The molecule has 1 aliphatic heterocycles. The van der Waals surface area contributed by atoms with Gasteiger partial charge in [0.05, 0.1) is 16.1 Å². The van der Waals surface area contributed by atoms with Crippen LogP contribution in [0.2, 0.25) is 5.02 Å². The van der Waals surface area contributed by atoms with E-state index in [-0.39, 0.29) is 11.8 Å². The van der Waals surface area contributed by atoms with Crippen molar-refractivity contribution in [1.29, 1.82) is 0 Å². The second-order valence-corrected chi connectivity index (χ2v) is 9.00. The number of benzene rings is 2. The summed E-state index contributed by atoms with van der Waals surface area (Å²) in [6.45, 7) is 6.45. The van der Waals surface area contributed by atoms with E-state index < -0.39 is 0 Å². The average Bonchev–Trinajstić information content (AvgIpc) is 3.12. The van der Waals surface area contributed by atoms with Gasteiger partial charge in [0.15, 0.2) is 5.13 Å². The van der Waals surface area contributed by atoms with Gasteiger partial charge in [-0.3, -0.25) is 4.79 Å². The van der Waals surface area contributed by atoms with Crippen molar-refractivity contribution >= 4 is 44.2 Å². The van der Waals surface area contributed by atoms with Crippen molar-refractivity contribution in [3.05, 3.63) is 58.1 Å². The Bertz CT molecular complexity index is 999. The number of carbonyl (C=O) groups excluding carboxylic acids is 1. The van der Waals surface area contributed by atoms with Crippen LogP contribution < -0.4 is 10.2 Å². The van der Waals surface area contributed by atoms with Crippen molar-refractivity contribution in [3.8, 4) is 0 Å². The number of carbonyl (C=O) groups is 1. The fourth-order valence-electron chi connectivity index (χ4n) is 3.79. The summed E-state index contributed by atoms with van der Waals surface area (Å²) in [6, 6.07) is 12.0. The van der Waals surface area contributed by atoms with Crippen LogP contribution in [0.25, 0.3) is 10.2 Å². The van der Waals surface area contributed by atoms with Crippen LogP contribution in [0, 0.1) is 19.8 Å². The Morgan fingerprint density at radius 1 is 1.29 bits per heavy atom. The maximum Gasteiger partial charge on any atom is 0.225 e. The Morgan fingerprint density at radius 2 is 2.07 bits per heavy atom. The Kier molecular flexibility index (Phi) is 5.56. The van der Waals surface area contributed by atoms with Crippen LogP contribution in [0.1, 0.15) is 29.5 Å². The normalized spacial score (nSPS) is 17.1. The van der Waals surface area contributed by atoms with Gasteiger partial charge < -0.3 is 10.2 Å². The molecule has 0 aliphatic carbocycles. The lowest BCUT2D eigenvalue weighted by molar-refractivity contribution is -0.125. The van der Waals surface area contributed by atoms with Crippen LogP contribution in [0.5, 0.6) is 0 Å². The number of amides is 1. The van der Waals surface area contributed by atoms with E-state index in [1.165, 1.54) is 15.8 Å². The number of halogens is 1. The number of nitrogens with zero attached hydrogens (tertiary/aromatic N) is 2. The Balaban J connectivity index is 1.43. The molecule has 1 fully saturated rings. The minimum absolute atomic E-state index is 0.00380. The maximum atomic E-state index is 12.7. The summed E-state index contributed by atoms with van der Waals surface area (Å²) < 4.78 is 1.22. The zero-order valence-corrected chi connectivity index (χ0v) is 17.7. The summed E-state index contributed by atoms with van der Waals surface area (Å²) in [5.74, 6) is 0.115. The predicted octanol–water partition coefficient (Wildman–Crippen LogP) is 5.10. The number of nitrogens with one attached hydrogen (secondary N) is 1. The van der Waals surface area contributed by atoms with E-state index in [4.69, 9.17) is 16.6 Å². The van der Waals surface area contributed by atoms with Crippen molar-refractivity contribution in [2.75, 3.05) is 18.0 Å². The SMILES string of the molecule is Cc1cc(C)c2nc(N3CCC[C@@H](C(=O)NCc4ccc(Cl)cc4)C3)sc2c1. The molecule has 0 unspecified atom stereocenters. The predicted molar refractivity (Wildman–Crippen MR) is 117 cm³/mol. The minimum atomic E-state index is -0.00380. The number of aromatic nitrogens is 1. The molecule has 2 aromatic carbocycles. The van der Waals surface area contributed by atoms with Crippen LogP contribution >= 0.6 is 22.9 Å². The number of hydrogen-bond acceptors (Lipinski definition) is 4. The fourth-order valence-corrected chi connectivity index (χ4v) is 5.10. The van der Waals surface area contributed by atoms with Crippen molar-refractivity contribution in [2.45, 2.75) is 33.2 Å². The van der Waals surface area contributed by atoms with Crippen LogP contribution in [-0.4, -0.2) is 24.0 Å². The summed E-state index contributed by atoms with van der Waals surface area (Å²) in [5.41, 5.74) is 4.62. The van der Waals surface area contributed by atoms with Gasteiger partial charge in [-0.2, -0.15) is 0 Å². The Labute approximate surface area is 174 Å². The van der Waals surface area contributed by atoms with E-state index in [0.717, 1.165) is 42.1 Å². The molecular formula is C22H24ClN3OS.